The summed E-state index contributed by atoms with van der Waals surface area (Å²) in [5.41, 5.74) is 1.94. The summed E-state index contributed by atoms with van der Waals surface area (Å²) in [5.74, 6) is 1.21. The van der Waals surface area contributed by atoms with E-state index in [0.717, 1.165) is 16.9 Å². The van der Waals surface area contributed by atoms with Crippen molar-refractivity contribution in [2.45, 2.75) is 12.6 Å². The van der Waals surface area contributed by atoms with Crippen LogP contribution in [-0.2, 0) is 11.3 Å². The predicted molar refractivity (Wildman–Crippen MR) is 97.3 cm³/mol. The van der Waals surface area contributed by atoms with Crippen molar-refractivity contribution in [3.63, 3.8) is 0 Å². The summed E-state index contributed by atoms with van der Waals surface area (Å²) in [4.78, 5) is 4.21. The number of hydrogen-bond acceptors (Lipinski definition) is 3. The molecule has 0 radical (unpaired) electrons. The fourth-order valence-electron chi connectivity index (χ4n) is 2.45. The molecule has 0 saturated heterocycles. The molecule has 2 aromatic rings. The maximum atomic E-state index is 13.1. The lowest BCUT2D eigenvalue weighted by Crippen LogP contribution is -2.39. The van der Waals surface area contributed by atoms with Crippen molar-refractivity contribution >= 4 is 5.96 Å². The smallest absolute Gasteiger partial charge is 0.191 e. The van der Waals surface area contributed by atoms with Gasteiger partial charge < -0.3 is 20.1 Å². The summed E-state index contributed by atoms with van der Waals surface area (Å²) in [6.45, 7) is 1.09. The summed E-state index contributed by atoms with van der Waals surface area (Å²) >= 11 is 0. The number of hydrogen-bond donors (Lipinski definition) is 2. The van der Waals surface area contributed by atoms with Gasteiger partial charge >= 0.3 is 0 Å². The van der Waals surface area contributed by atoms with Gasteiger partial charge in [0.25, 0.3) is 0 Å². The van der Waals surface area contributed by atoms with Gasteiger partial charge in [-0.2, -0.15) is 0 Å². The summed E-state index contributed by atoms with van der Waals surface area (Å²) in [6, 6.07) is 14.1. The van der Waals surface area contributed by atoms with Crippen LogP contribution in [0, 0.1) is 5.82 Å². The number of aliphatic imine (C=N–C) groups is 1. The SMILES string of the molecule is CN=C(NCc1ccccc1OC)NCC(OC)c1ccc(F)cc1. The van der Waals surface area contributed by atoms with Gasteiger partial charge in [0.1, 0.15) is 11.6 Å². The highest BCUT2D eigenvalue weighted by molar-refractivity contribution is 5.79. The average molecular weight is 345 g/mol. The van der Waals surface area contributed by atoms with Crippen LogP contribution in [0.1, 0.15) is 17.2 Å². The van der Waals surface area contributed by atoms with Crippen molar-refractivity contribution in [3.8, 4) is 5.75 Å². The van der Waals surface area contributed by atoms with E-state index < -0.39 is 0 Å². The Kier molecular flexibility index (Phi) is 7.22. The molecule has 0 aliphatic heterocycles. The number of ether oxygens (including phenoxy) is 2. The van der Waals surface area contributed by atoms with Crippen LogP contribution >= 0.6 is 0 Å². The number of rotatable bonds is 7. The third kappa shape index (κ3) is 5.46. The van der Waals surface area contributed by atoms with Crippen LogP contribution < -0.4 is 15.4 Å². The molecule has 0 aliphatic rings. The van der Waals surface area contributed by atoms with E-state index in [1.807, 2.05) is 24.3 Å². The van der Waals surface area contributed by atoms with E-state index >= 15 is 0 Å². The molecule has 0 aromatic heterocycles. The number of nitrogens with one attached hydrogen (secondary N) is 2. The Morgan fingerprint density at radius 1 is 1.08 bits per heavy atom. The number of para-hydroxylation sites is 1. The third-order valence-electron chi connectivity index (χ3n) is 3.84. The van der Waals surface area contributed by atoms with Crippen LogP contribution in [-0.4, -0.2) is 33.8 Å². The van der Waals surface area contributed by atoms with Crippen LogP contribution in [0.5, 0.6) is 5.75 Å². The molecular formula is C19H24FN3O2. The van der Waals surface area contributed by atoms with E-state index in [2.05, 4.69) is 15.6 Å². The van der Waals surface area contributed by atoms with Crippen molar-refractivity contribution in [2.24, 2.45) is 4.99 Å². The van der Waals surface area contributed by atoms with Crippen LogP contribution in [0.15, 0.2) is 53.5 Å². The van der Waals surface area contributed by atoms with Crippen LogP contribution in [0.25, 0.3) is 0 Å². The van der Waals surface area contributed by atoms with E-state index in [-0.39, 0.29) is 11.9 Å². The molecule has 25 heavy (non-hydrogen) atoms. The molecule has 1 unspecified atom stereocenters. The van der Waals surface area contributed by atoms with Crippen LogP contribution in [0.3, 0.4) is 0 Å². The molecule has 0 heterocycles. The number of halogens is 1. The first kappa shape index (κ1) is 18.7. The molecule has 0 bridgehead atoms. The molecule has 5 nitrogen and oxygen atoms in total. The first-order valence-corrected chi connectivity index (χ1v) is 8.02. The molecule has 2 rings (SSSR count). The van der Waals surface area contributed by atoms with Gasteiger partial charge in [0.2, 0.25) is 0 Å². The van der Waals surface area contributed by atoms with Crippen molar-refractivity contribution in [1.29, 1.82) is 0 Å². The summed E-state index contributed by atoms with van der Waals surface area (Å²) in [7, 11) is 4.98. The highest BCUT2D eigenvalue weighted by atomic mass is 19.1. The minimum Gasteiger partial charge on any atom is -0.496 e. The lowest BCUT2D eigenvalue weighted by atomic mass is 10.1. The molecule has 2 N–H and O–H groups in total. The van der Waals surface area contributed by atoms with Gasteiger partial charge in [0.05, 0.1) is 13.2 Å². The number of methoxy groups -OCH3 is 2. The second-order valence-corrected chi connectivity index (χ2v) is 5.39. The van der Waals surface area contributed by atoms with Crippen LogP contribution in [0.4, 0.5) is 4.39 Å². The standard InChI is InChI=1S/C19H24FN3O2/c1-21-19(22-12-15-6-4-5-7-17(15)24-2)23-13-18(25-3)14-8-10-16(20)11-9-14/h4-11,18H,12-13H2,1-3H3,(H2,21,22,23). The molecule has 0 amide bonds. The lowest BCUT2D eigenvalue weighted by Gasteiger charge is -2.19. The Labute approximate surface area is 147 Å². The molecule has 6 heteroatoms. The average Bonchev–Trinajstić information content (AvgIpc) is 2.66. The molecule has 0 aliphatic carbocycles. The van der Waals surface area contributed by atoms with E-state index in [4.69, 9.17) is 9.47 Å². The highest BCUT2D eigenvalue weighted by Gasteiger charge is 2.11. The fourth-order valence-corrected chi connectivity index (χ4v) is 2.45. The zero-order valence-electron chi connectivity index (χ0n) is 14.8. The lowest BCUT2D eigenvalue weighted by molar-refractivity contribution is 0.106. The summed E-state index contributed by atoms with van der Waals surface area (Å²) < 4.78 is 23.9. The van der Waals surface area contributed by atoms with Crippen molar-refractivity contribution < 1.29 is 13.9 Å². The minimum atomic E-state index is -0.263. The molecule has 0 saturated carbocycles. The maximum absolute atomic E-state index is 13.1. The second kappa shape index (κ2) is 9.64. The highest BCUT2D eigenvalue weighted by Crippen LogP contribution is 2.17. The quantitative estimate of drug-likeness (QED) is 0.598. The molecular weight excluding hydrogens is 321 g/mol. The van der Waals surface area contributed by atoms with Gasteiger partial charge in [-0.05, 0) is 23.8 Å². The minimum absolute atomic E-state index is 0.203. The second-order valence-electron chi connectivity index (χ2n) is 5.39. The first-order chi connectivity index (χ1) is 12.2. The Hall–Kier alpha value is -2.60. The number of nitrogens with zero attached hydrogens (tertiary/aromatic N) is 1. The molecule has 0 fully saturated rings. The monoisotopic (exact) mass is 345 g/mol. The van der Waals surface area contributed by atoms with E-state index in [1.54, 1.807) is 33.4 Å². The normalized spacial score (nSPS) is 12.6. The Morgan fingerprint density at radius 2 is 1.80 bits per heavy atom. The fraction of sp³-hybridized carbons (Fsp3) is 0.316. The zero-order valence-corrected chi connectivity index (χ0v) is 14.8. The van der Waals surface area contributed by atoms with Gasteiger partial charge in [0.15, 0.2) is 5.96 Å². The topological polar surface area (TPSA) is 54.9 Å². The predicted octanol–water partition coefficient (Wildman–Crippen LogP) is 2.89. The summed E-state index contributed by atoms with van der Waals surface area (Å²) in [6.07, 6.45) is -0.203. The Bertz CT molecular complexity index is 689. The summed E-state index contributed by atoms with van der Waals surface area (Å²) in [5, 5.41) is 6.46. The van der Waals surface area contributed by atoms with Gasteiger partial charge in [0, 0.05) is 32.8 Å². The van der Waals surface area contributed by atoms with Gasteiger partial charge in [-0.3, -0.25) is 4.99 Å². The molecule has 134 valence electrons. The largest absolute Gasteiger partial charge is 0.496 e. The third-order valence-corrected chi connectivity index (χ3v) is 3.84. The molecule has 2 aromatic carbocycles. The molecule has 0 spiro atoms. The van der Waals surface area contributed by atoms with E-state index in [0.29, 0.717) is 19.0 Å². The van der Waals surface area contributed by atoms with Gasteiger partial charge in [-0.15, -0.1) is 0 Å². The van der Waals surface area contributed by atoms with Crippen molar-refractivity contribution in [3.05, 3.63) is 65.5 Å². The Morgan fingerprint density at radius 3 is 2.44 bits per heavy atom. The van der Waals surface area contributed by atoms with Gasteiger partial charge in [-0.25, -0.2) is 4.39 Å². The van der Waals surface area contributed by atoms with Crippen molar-refractivity contribution in [1.82, 2.24) is 10.6 Å². The van der Waals surface area contributed by atoms with E-state index in [9.17, 15) is 4.39 Å². The van der Waals surface area contributed by atoms with Crippen LogP contribution in [0.2, 0.25) is 0 Å². The maximum Gasteiger partial charge on any atom is 0.191 e. The number of guanidine groups is 1. The number of benzene rings is 2. The van der Waals surface area contributed by atoms with Crippen molar-refractivity contribution in [2.75, 3.05) is 27.8 Å². The van der Waals surface area contributed by atoms with Gasteiger partial charge in [-0.1, -0.05) is 30.3 Å². The first-order valence-electron chi connectivity index (χ1n) is 8.02. The zero-order chi connectivity index (χ0) is 18.1. The molecule has 1 atom stereocenters. The van der Waals surface area contributed by atoms with E-state index in [1.165, 1.54) is 12.1 Å². The Balaban J connectivity index is 1.92.